The van der Waals surface area contributed by atoms with E-state index < -0.39 is 0 Å². The monoisotopic (exact) mass is 406 g/mol. The Labute approximate surface area is 173 Å². The van der Waals surface area contributed by atoms with Gasteiger partial charge in [-0.1, -0.05) is 36.4 Å². The number of aromatic nitrogens is 3. The molecule has 0 saturated carbocycles. The third-order valence-corrected chi connectivity index (χ3v) is 4.79. The van der Waals surface area contributed by atoms with Crippen LogP contribution in [-0.4, -0.2) is 34.4 Å². The van der Waals surface area contributed by atoms with Crippen LogP contribution < -0.4 is 20.3 Å². The van der Waals surface area contributed by atoms with Crippen molar-refractivity contribution in [1.82, 2.24) is 20.5 Å². The van der Waals surface area contributed by atoms with Crippen LogP contribution in [-0.2, 0) is 24.1 Å². The number of hydrogen-bond donors (Lipinski definition) is 2. The number of aromatic amines is 1. The van der Waals surface area contributed by atoms with Gasteiger partial charge in [0, 0.05) is 25.8 Å². The fourth-order valence-electron chi connectivity index (χ4n) is 3.19. The topological polar surface area (TPSA) is 106 Å². The van der Waals surface area contributed by atoms with Gasteiger partial charge >= 0.3 is 0 Å². The van der Waals surface area contributed by atoms with Crippen LogP contribution in [0.25, 0.3) is 0 Å². The predicted octanol–water partition coefficient (Wildman–Crippen LogP) is 1.78. The van der Waals surface area contributed by atoms with Crippen molar-refractivity contribution in [2.24, 2.45) is 0 Å². The number of benzene rings is 2. The second-order valence-corrected chi connectivity index (χ2v) is 7.00. The molecule has 0 radical (unpaired) electrons. The Morgan fingerprint density at radius 2 is 1.83 bits per heavy atom. The van der Waals surface area contributed by atoms with E-state index in [0.717, 1.165) is 17.5 Å². The lowest BCUT2D eigenvalue weighted by molar-refractivity contribution is -0.121. The molecule has 30 heavy (non-hydrogen) atoms. The van der Waals surface area contributed by atoms with E-state index in [0.29, 0.717) is 30.3 Å². The van der Waals surface area contributed by atoms with E-state index in [1.165, 1.54) is 0 Å². The number of nitrogens with zero attached hydrogens (tertiary/aromatic N) is 2. The van der Waals surface area contributed by atoms with Crippen LogP contribution in [0.2, 0.25) is 0 Å². The van der Waals surface area contributed by atoms with Gasteiger partial charge in [0.05, 0.1) is 0 Å². The molecule has 0 bridgehead atoms. The lowest BCUT2D eigenvalue weighted by atomic mass is 10.1. The van der Waals surface area contributed by atoms with Crippen molar-refractivity contribution < 1.29 is 14.3 Å². The maximum atomic E-state index is 12.3. The number of carbonyl (C=O) groups excluding carboxylic acids is 1. The lowest BCUT2D eigenvalue weighted by Crippen LogP contribution is -2.27. The number of fused-ring (bicyclic) bond motifs is 1. The fraction of sp³-hybridized carbons (Fsp3) is 0.273. The molecule has 2 aromatic carbocycles. The van der Waals surface area contributed by atoms with Gasteiger partial charge in [-0.25, -0.2) is 0 Å². The van der Waals surface area contributed by atoms with Crippen LogP contribution in [0.1, 0.15) is 29.1 Å². The van der Waals surface area contributed by atoms with E-state index in [1.54, 1.807) is 0 Å². The van der Waals surface area contributed by atoms with Gasteiger partial charge in [-0.15, -0.1) is 10.2 Å². The van der Waals surface area contributed by atoms with Crippen LogP contribution in [0.4, 0.5) is 0 Å². The maximum absolute atomic E-state index is 12.3. The molecule has 0 saturated heterocycles. The summed E-state index contributed by atoms with van der Waals surface area (Å²) >= 11 is 0. The van der Waals surface area contributed by atoms with Crippen LogP contribution in [0.3, 0.4) is 0 Å². The molecule has 3 aromatic rings. The molecule has 0 unspecified atom stereocenters. The maximum Gasteiger partial charge on any atom is 0.272 e. The first-order valence-corrected chi connectivity index (χ1v) is 9.81. The molecule has 8 heteroatoms. The SMILES string of the molecule is O=C(CCc1nnc(Cc2ccc3c(c2)OCO3)[nH]c1=O)NCCc1ccccc1. The summed E-state index contributed by atoms with van der Waals surface area (Å²) in [7, 11) is 0. The predicted molar refractivity (Wildman–Crippen MR) is 110 cm³/mol. The smallest absolute Gasteiger partial charge is 0.272 e. The van der Waals surface area contributed by atoms with Crippen LogP contribution in [0.15, 0.2) is 53.3 Å². The molecule has 1 aliphatic rings. The Morgan fingerprint density at radius 3 is 2.67 bits per heavy atom. The minimum Gasteiger partial charge on any atom is -0.454 e. The van der Waals surface area contributed by atoms with Gasteiger partial charge in [-0.3, -0.25) is 9.59 Å². The molecule has 1 aromatic heterocycles. The Bertz CT molecular complexity index is 1080. The summed E-state index contributed by atoms with van der Waals surface area (Å²) in [5.41, 5.74) is 2.02. The largest absolute Gasteiger partial charge is 0.454 e. The molecule has 8 nitrogen and oxygen atoms in total. The summed E-state index contributed by atoms with van der Waals surface area (Å²) < 4.78 is 10.6. The number of ether oxygens (including phenoxy) is 2. The number of aryl methyl sites for hydroxylation is 1. The van der Waals surface area contributed by atoms with E-state index in [9.17, 15) is 9.59 Å². The normalized spacial score (nSPS) is 12.0. The zero-order valence-electron chi connectivity index (χ0n) is 16.4. The minimum atomic E-state index is -0.321. The third-order valence-electron chi connectivity index (χ3n) is 4.79. The molecular weight excluding hydrogens is 384 g/mol. The van der Waals surface area contributed by atoms with E-state index in [2.05, 4.69) is 20.5 Å². The molecule has 2 N–H and O–H groups in total. The summed E-state index contributed by atoms with van der Waals surface area (Å²) in [6, 6.07) is 15.5. The Kier molecular flexibility index (Phi) is 6.03. The van der Waals surface area contributed by atoms with Crippen molar-refractivity contribution in [3.8, 4) is 11.5 Å². The molecular formula is C22H22N4O4. The Morgan fingerprint density at radius 1 is 1.00 bits per heavy atom. The number of amides is 1. The highest BCUT2D eigenvalue weighted by Gasteiger charge is 2.14. The molecule has 0 atom stereocenters. The van der Waals surface area contributed by atoms with Crippen LogP contribution in [0.5, 0.6) is 11.5 Å². The first-order chi connectivity index (χ1) is 14.7. The first kappa shape index (κ1) is 19.6. The number of H-pyrrole nitrogens is 1. The molecule has 0 fully saturated rings. The molecule has 1 aliphatic heterocycles. The van der Waals surface area contributed by atoms with E-state index in [-0.39, 0.29) is 36.8 Å². The van der Waals surface area contributed by atoms with Crippen molar-refractivity contribution in [3.05, 3.63) is 81.5 Å². The first-order valence-electron chi connectivity index (χ1n) is 9.81. The summed E-state index contributed by atoms with van der Waals surface area (Å²) in [4.78, 5) is 27.1. The second-order valence-electron chi connectivity index (χ2n) is 7.00. The summed E-state index contributed by atoms with van der Waals surface area (Å²) in [6.07, 6.45) is 1.61. The highest BCUT2D eigenvalue weighted by atomic mass is 16.7. The Balaban J connectivity index is 1.27. The molecule has 1 amide bonds. The fourth-order valence-corrected chi connectivity index (χ4v) is 3.19. The van der Waals surface area contributed by atoms with Gasteiger partial charge in [-0.2, -0.15) is 0 Å². The number of rotatable bonds is 8. The van der Waals surface area contributed by atoms with Gasteiger partial charge in [0.1, 0.15) is 11.5 Å². The van der Waals surface area contributed by atoms with Crippen molar-refractivity contribution >= 4 is 5.91 Å². The third kappa shape index (κ3) is 5.02. The highest BCUT2D eigenvalue weighted by molar-refractivity contribution is 5.76. The van der Waals surface area contributed by atoms with Gasteiger partial charge in [0.15, 0.2) is 11.5 Å². The summed E-state index contributed by atoms with van der Waals surface area (Å²) in [6.45, 7) is 0.767. The average Bonchev–Trinajstić information content (AvgIpc) is 3.22. The number of carbonyl (C=O) groups is 1. The molecule has 2 heterocycles. The molecule has 154 valence electrons. The van der Waals surface area contributed by atoms with Crippen LogP contribution in [0, 0.1) is 0 Å². The zero-order valence-corrected chi connectivity index (χ0v) is 16.4. The Hall–Kier alpha value is -3.68. The van der Waals surface area contributed by atoms with E-state index >= 15 is 0 Å². The van der Waals surface area contributed by atoms with Gasteiger partial charge in [0.25, 0.3) is 5.56 Å². The van der Waals surface area contributed by atoms with E-state index in [4.69, 9.17) is 9.47 Å². The average molecular weight is 406 g/mol. The zero-order chi connectivity index (χ0) is 20.8. The van der Waals surface area contributed by atoms with Crippen LogP contribution >= 0.6 is 0 Å². The number of hydrogen-bond acceptors (Lipinski definition) is 6. The van der Waals surface area contributed by atoms with Gasteiger partial charge in [-0.05, 0) is 29.7 Å². The minimum absolute atomic E-state index is 0.114. The van der Waals surface area contributed by atoms with Crippen molar-refractivity contribution in [3.63, 3.8) is 0 Å². The van der Waals surface area contributed by atoms with E-state index in [1.807, 2.05) is 48.5 Å². The van der Waals surface area contributed by atoms with Crippen molar-refractivity contribution in [2.45, 2.75) is 25.7 Å². The lowest BCUT2D eigenvalue weighted by Gasteiger charge is -2.06. The van der Waals surface area contributed by atoms with Gasteiger partial charge in [0.2, 0.25) is 12.7 Å². The molecule has 4 rings (SSSR count). The highest BCUT2D eigenvalue weighted by Crippen LogP contribution is 2.32. The van der Waals surface area contributed by atoms with Crippen molar-refractivity contribution in [2.75, 3.05) is 13.3 Å². The number of nitrogens with one attached hydrogen (secondary N) is 2. The quantitative estimate of drug-likeness (QED) is 0.591. The summed E-state index contributed by atoms with van der Waals surface area (Å²) in [5.74, 6) is 1.72. The second kappa shape index (κ2) is 9.21. The van der Waals surface area contributed by atoms with Crippen molar-refractivity contribution in [1.29, 1.82) is 0 Å². The molecule has 0 spiro atoms. The standard InChI is InChI=1S/C22H22N4O4/c27-21(23-11-10-15-4-2-1-3-5-15)9-7-17-22(28)24-20(26-25-17)13-16-6-8-18-19(12-16)30-14-29-18/h1-6,8,12H,7,9-11,13-14H2,(H,23,27)(H,24,26,28). The summed E-state index contributed by atoms with van der Waals surface area (Å²) in [5, 5.41) is 11.0. The molecule has 0 aliphatic carbocycles. The van der Waals surface area contributed by atoms with Gasteiger partial charge < -0.3 is 19.8 Å².